The van der Waals surface area contributed by atoms with E-state index < -0.39 is 0 Å². The Labute approximate surface area is 199 Å². The normalized spacial score (nSPS) is 11.5. The number of nitrogens with zero attached hydrogens (tertiary/aromatic N) is 3. The number of para-hydroxylation sites is 1. The van der Waals surface area contributed by atoms with E-state index in [1.54, 1.807) is 6.20 Å². The summed E-state index contributed by atoms with van der Waals surface area (Å²) >= 11 is 1.87. The molecule has 0 aliphatic rings. The maximum atomic E-state index is 9.27. The summed E-state index contributed by atoms with van der Waals surface area (Å²) in [5.41, 5.74) is 5.95. The Bertz CT molecular complexity index is 1930. The number of hydrogen-bond acceptors (Lipinski definition) is 3. The van der Waals surface area contributed by atoms with E-state index in [2.05, 4.69) is 101 Å². The standard InChI is InChI=1S/C30H17N3S/c31-18-21-16-20(14-15-32-21)19-6-5-7-22(17-19)33-26-10-3-1-9-25(26)29-27(33)13-12-24-23-8-2-4-11-28(23)34-30(24)29/h1-17H. The minimum atomic E-state index is 0.423. The first-order valence-electron chi connectivity index (χ1n) is 11.1. The Balaban J connectivity index is 1.55. The van der Waals surface area contributed by atoms with E-state index in [9.17, 15) is 5.26 Å². The highest BCUT2D eigenvalue weighted by atomic mass is 32.1. The first-order chi connectivity index (χ1) is 16.8. The molecule has 7 aromatic rings. The largest absolute Gasteiger partial charge is 0.309 e. The Morgan fingerprint density at radius 3 is 2.44 bits per heavy atom. The molecule has 0 amide bonds. The molecule has 3 nitrogen and oxygen atoms in total. The maximum Gasteiger partial charge on any atom is 0.141 e. The fourth-order valence-corrected chi connectivity index (χ4v) is 6.27. The van der Waals surface area contributed by atoms with Gasteiger partial charge >= 0.3 is 0 Å². The molecule has 0 saturated heterocycles. The molecule has 0 aliphatic heterocycles. The van der Waals surface area contributed by atoms with Gasteiger partial charge in [-0.1, -0.05) is 54.6 Å². The Morgan fingerprint density at radius 2 is 1.53 bits per heavy atom. The second kappa shape index (κ2) is 7.28. The molecule has 4 heteroatoms. The molecule has 34 heavy (non-hydrogen) atoms. The van der Waals surface area contributed by atoms with Crippen molar-refractivity contribution in [1.82, 2.24) is 9.55 Å². The third-order valence-electron chi connectivity index (χ3n) is 6.49. The third kappa shape index (κ3) is 2.71. The minimum Gasteiger partial charge on any atom is -0.309 e. The van der Waals surface area contributed by atoms with Crippen molar-refractivity contribution in [3.8, 4) is 22.9 Å². The van der Waals surface area contributed by atoms with Crippen LogP contribution in [0.4, 0.5) is 0 Å². The van der Waals surface area contributed by atoms with Crippen LogP contribution in [0.25, 0.3) is 58.8 Å². The van der Waals surface area contributed by atoms with Crippen molar-refractivity contribution in [1.29, 1.82) is 5.26 Å². The molecule has 0 N–H and O–H groups in total. The molecule has 0 unspecified atom stereocenters. The lowest BCUT2D eigenvalue weighted by atomic mass is 10.1. The number of nitriles is 1. The SMILES string of the molecule is N#Cc1cc(-c2cccc(-n3c4ccccc4c4c5sc6ccccc6c5ccc43)c2)ccn1. The van der Waals surface area contributed by atoms with E-state index in [0.717, 1.165) is 16.8 Å². The van der Waals surface area contributed by atoms with Crippen molar-refractivity contribution in [2.45, 2.75) is 0 Å². The summed E-state index contributed by atoms with van der Waals surface area (Å²) in [6.07, 6.45) is 1.69. The predicted octanol–water partition coefficient (Wildman–Crippen LogP) is 8.09. The van der Waals surface area contributed by atoms with E-state index in [0.29, 0.717) is 5.69 Å². The lowest BCUT2D eigenvalue weighted by Crippen LogP contribution is -1.94. The number of hydrogen-bond donors (Lipinski definition) is 0. The maximum absolute atomic E-state index is 9.27. The highest BCUT2D eigenvalue weighted by molar-refractivity contribution is 7.26. The van der Waals surface area contributed by atoms with Gasteiger partial charge in [-0.3, -0.25) is 0 Å². The van der Waals surface area contributed by atoms with Crippen molar-refractivity contribution < 1.29 is 0 Å². The van der Waals surface area contributed by atoms with Gasteiger partial charge in [0.25, 0.3) is 0 Å². The fourth-order valence-electron chi connectivity index (χ4n) is 5.01. The average molecular weight is 452 g/mol. The molecule has 4 aromatic carbocycles. The van der Waals surface area contributed by atoms with E-state index in [1.165, 1.54) is 42.0 Å². The Hall–Kier alpha value is -4.46. The van der Waals surface area contributed by atoms with Crippen LogP contribution in [0.1, 0.15) is 5.69 Å². The second-order valence-corrected chi connectivity index (χ2v) is 9.43. The monoisotopic (exact) mass is 451 g/mol. The summed E-state index contributed by atoms with van der Waals surface area (Å²) in [6, 6.07) is 36.2. The van der Waals surface area contributed by atoms with E-state index in [1.807, 2.05) is 23.5 Å². The molecular weight excluding hydrogens is 434 g/mol. The molecule has 3 heterocycles. The van der Waals surface area contributed by atoms with Crippen LogP contribution in [0.2, 0.25) is 0 Å². The van der Waals surface area contributed by atoms with Crippen molar-refractivity contribution in [3.05, 3.63) is 109 Å². The molecule has 0 fully saturated rings. The Morgan fingerprint density at radius 1 is 0.706 bits per heavy atom. The van der Waals surface area contributed by atoms with Crippen molar-refractivity contribution in [2.75, 3.05) is 0 Å². The summed E-state index contributed by atoms with van der Waals surface area (Å²) in [5, 5.41) is 14.5. The van der Waals surface area contributed by atoms with Crippen LogP contribution in [0.15, 0.2) is 103 Å². The summed E-state index contributed by atoms with van der Waals surface area (Å²) in [6.45, 7) is 0. The summed E-state index contributed by atoms with van der Waals surface area (Å²) in [7, 11) is 0. The molecular formula is C30H17N3S. The lowest BCUT2D eigenvalue weighted by molar-refractivity contribution is 1.18. The number of thiophene rings is 1. The van der Waals surface area contributed by atoms with Crippen LogP contribution >= 0.6 is 11.3 Å². The third-order valence-corrected chi connectivity index (χ3v) is 7.70. The van der Waals surface area contributed by atoms with Gasteiger partial charge in [0, 0.05) is 42.8 Å². The van der Waals surface area contributed by atoms with E-state index in [4.69, 9.17) is 0 Å². The number of rotatable bonds is 2. The zero-order valence-corrected chi connectivity index (χ0v) is 18.9. The summed E-state index contributed by atoms with van der Waals surface area (Å²) < 4.78 is 5.00. The van der Waals surface area contributed by atoms with Gasteiger partial charge in [0.05, 0.1) is 11.0 Å². The molecule has 0 bridgehead atoms. The lowest BCUT2D eigenvalue weighted by Gasteiger charge is -2.10. The quantitative estimate of drug-likeness (QED) is 0.266. The zero-order chi connectivity index (χ0) is 22.6. The van der Waals surface area contributed by atoms with Crippen molar-refractivity contribution in [2.24, 2.45) is 0 Å². The topological polar surface area (TPSA) is 41.6 Å². The van der Waals surface area contributed by atoms with Gasteiger partial charge < -0.3 is 4.57 Å². The van der Waals surface area contributed by atoms with Gasteiger partial charge in [0.2, 0.25) is 0 Å². The first-order valence-corrected chi connectivity index (χ1v) is 11.9. The molecule has 0 radical (unpaired) electrons. The van der Waals surface area contributed by atoms with Gasteiger partial charge in [0.1, 0.15) is 11.8 Å². The summed E-state index contributed by atoms with van der Waals surface area (Å²) in [4.78, 5) is 4.12. The van der Waals surface area contributed by atoms with Crippen molar-refractivity contribution >= 4 is 53.3 Å². The van der Waals surface area contributed by atoms with Crippen LogP contribution in [0.5, 0.6) is 0 Å². The van der Waals surface area contributed by atoms with Crippen LogP contribution in [-0.4, -0.2) is 9.55 Å². The highest BCUT2D eigenvalue weighted by Gasteiger charge is 2.17. The van der Waals surface area contributed by atoms with Gasteiger partial charge in [-0.25, -0.2) is 4.98 Å². The first kappa shape index (κ1) is 19.0. The van der Waals surface area contributed by atoms with Gasteiger partial charge in [0.15, 0.2) is 0 Å². The average Bonchev–Trinajstić information content (AvgIpc) is 3.44. The van der Waals surface area contributed by atoms with Crippen LogP contribution in [-0.2, 0) is 0 Å². The minimum absolute atomic E-state index is 0.423. The smallest absolute Gasteiger partial charge is 0.141 e. The van der Waals surface area contributed by atoms with Crippen LogP contribution in [0.3, 0.4) is 0 Å². The van der Waals surface area contributed by atoms with E-state index in [-0.39, 0.29) is 0 Å². The van der Waals surface area contributed by atoms with E-state index >= 15 is 0 Å². The molecule has 0 saturated carbocycles. The molecule has 0 aliphatic carbocycles. The predicted molar refractivity (Wildman–Crippen MR) is 142 cm³/mol. The van der Waals surface area contributed by atoms with Gasteiger partial charge in [-0.15, -0.1) is 11.3 Å². The van der Waals surface area contributed by atoms with Gasteiger partial charge in [-0.05, 0) is 53.6 Å². The molecule has 0 atom stereocenters. The highest BCUT2D eigenvalue weighted by Crippen LogP contribution is 2.43. The molecule has 7 rings (SSSR count). The zero-order valence-electron chi connectivity index (χ0n) is 18.1. The number of pyridine rings is 1. The Kier molecular flexibility index (Phi) is 4.08. The van der Waals surface area contributed by atoms with Crippen LogP contribution < -0.4 is 0 Å². The fraction of sp³-hybridized carbons (Fsp3) is 0. The number of fused-ring (bicyclic) bond motifs is 7. The van der Waals surface area contributed by atoms with Gasteiger partial charge in [-0.2, -0.15) is 5.26 Å². The molecule has 3 aromatic heterocycles. The molecule has 158 valence electrons. The summed E-state index contributed by atoms with van der Waals surface area (Å²) in [5.74, 6) is 0. The van der Waals surface area contributed by atoms with Crippen LogP contribution in [0, 0.1) is 11.3 Å². The molecule has 0 spiro atoms. The second-order valence-electron chi connectivity index (χ2n) is 8.38. The number of benzene rings is 4. The number of aromatic nitrogens is 2. The van der Waals surface area contributed by atoms with Crippen molar-refractivity contribution in [3.63, 3.8) is 0 Å².